The van der Waals surface area contributed by atoms with Crippen molar-refractivity contribution in [2.75, 3.05) is 33.4 Å². The van der Waals surface area contributed by atoms with Crippen LogP contribution in [0.15, 0.2) is 45.8 Å². The number of methoxy groups -OCH3 is 1. The summed E-state index contributed by atoms with van der Waals surface area (Å²) in [7, 11) is 1.26. The van der Waals surface area contributed by atoms with Crippen molar-refractivity contribution in [2.24, 2.45) is 0 Å². The monoisotopic (exact) mass is 588 g/mol. The van der Waals surface area contributed by atoms with Crippen LogP contribution in [0.3, 0.4) is 0 Å². The highest BCUT2D eigenvalue weighted by Gasteiger charge is 2.37. The van der Waals surface area contributed by atoms with Crippen LogP contribution < -0.4 is 9.47 Å². The molecule has 11 heteroatoms. The van der Waals surface area contributed by atoms with Gasteiger partial charge in [-0.05, 0) is 75.9 Å². The lowest BCUT2D eigenvalue weighted by molar-refractivity contribution is -0.143. The molecule has 2 aromatic rings. The van der Waals surface area contributed by atoms with Crippen molar-refractivity contribution in [1.29, 1.82) is 0 Å². The summed E-state index contributed by atoms with van der Waals surface area (Å²) in [6.45, 7) is 2.53. The van der Waals surface area contributed by atoms with E-state index in [1.165, 1.54) is 12.7 Å². The lowest BCUT2D eigenvalue weighted by Crippen LogP contribution is -2.44. The molecule has 1 saturated heterocycles. The van der Waals surface area contributed by atoms with Gasteiger partial charge in [-0.15, -0.1) is 0 Å². The van der Waals surface area contributed by atoms with Crippen LogP contribution in [-0.2, 0) is 32.1 Å². The quantitative estimate of drug-likeness (QED) is 0.336. The smallest absolute Gasteiger partial charge is 0.343 e. The zero-order valence-corrected chi connectivity index (χ0v) is 22.7. The number of carbonyl (C=O) groups excluding carboxylic acids is 4. The molecule has 0 saturated carbocycles. The molecule has 0 spiro atoms. The van der Waals surface area contributed by atoms with Gasteiger partial charge in [-0.25, -0.2) is 4.79 Å². The van der Waals surface area contributed by atoms with E-state index >= 15 is 0 Å². The Morgan fingerprint density at radius 3 is 2.62 bits per heavy atom. The van der Waals surface area contributed by atoms with Crippen molar-refractivity contribution < 1.29 is 33.4 Å². The van der Waals surface area contributed by atoms with Gasteiger partial charge in [0.1, 0.15) is 6.54 Å². The van der Waals surface area contributed by atoms with Crippen LogP contribution in [0.1, 0.15) is 23.6 Å². The minimum atomic E-state index is -0.546. The summed E-state index contributed by atoms with van der Waals surface area (Å²) in [6, 6.07) is 11.3. The highest BCUT2D eigenvalue weighted by Crippen LogP contribution is 2.39. The standard InChI is InChI=1S/C26H25BrN2O7S/c1-3-35-20-11-16(10-19(27)24(20)36-15-23(31)34-2)12-21-25(32)29(26(33)37-21)14-22(30)28-9-8-17-6-4-5-7-18(17)13-28/h4-7,10-12H,3,8-9,13-15H2,1-2H3/b21-12-. The number of rotatable bonds is 8. The maximum atomic E-state index is 13.0. The molecular weight excluding hydrogens is 564 g/mol. The predicted octanol–water partition coefficient (Wildman–Crippen LogP) is 4.02. The molecule has 0 bridgehead atoms. The second-order valence-corrected chi connectivity index (χ2v) is 10.1. The third-order valence-corrected chi connectivity index (χ3v) is 7.34. The van der Waals surface area contributed by atoms with Crippen molar-refractivity contribution in [3.8, 4) is 11.5 Å². The second kappa shape index (κ2) is 11.8. The molecule has 1 fully saturated rings. The number of carbonyl (C=O) groups is 4. The van der Waals surface area contributed by atoms with E-state index in [1.807, 2.05) is 24.3 Å². The van der Waals surface area contributed by atoms with Gasteiger partial charge in [0.2, 0.25) is 5.91 Å². The topological polar surface area (TPSA) is 102 Å². The molecule has 0 aliphatic carbocycles. The molecule has 0 atom stereocenters. The molecule has 3 amide bonds. The number of ether oxygens (including phenoxy) is 3. The SMILES string of the molecule is CCOc1cc(/C=C2\SC(=O)N(CC(=O)N3CCc4ccccc4C3)C2=O)cc(Br)c1OCC(=O)OC. The van der Waals surface area contributed by atoms with E-state index in [4.69, 9.17) is 9.47 Å². The number of hydrogen-bond acceptors (Lipinski definition) is 8. The summed E-state index contributed by atoms with van der Waals surface area (Å²) in [5, 5.41) is -0.496. The maximum absolute atomic E-state index is 13.0. The molecular formula is C26H25BrN2O7S. The fraction of sp³-hybridized carbons (Fsp3) is 0.308. The van der Waals surface area contributed by atoms with Crippen molar-refractivity contribution in [3.63, 3.8) is 0 Å². The second-order valence-electron chi connectivity index (χ2n) is 8.23. The molecule has 37 heavy (non-hydrogen) atoms. The van der Waals surface area contributed by atoms with Crippen molar-refractivity contribution in [2.45, 2.75) is 19.9 Å². The first-order valence-corrected chi connectivity index (χ1v) is 13.2. The normalized spacial score (nSPS) is 16.1. The number of imide groups is 1. The van der Waals surface area contributed by atoms with Gasteiger partial charge in [0, 0.05) is 13.1 Å². The number of halogens is 1. The Labute approximate surface area is 226 Å². The summed E-state index contributed by atoms with van der Waals surface area (Å²) in [4.78, 5) is 52.9. The predicted molar refractivity (Wildman–Crippen MR) is 141 cm³/mol. The number of nitrogens with zero attached hydrogens (tertiary/aromatic N) is 2. The van der Waals surface area contributed by atoms with Crippen LogP contribution in [0.5, 0.6) is 11.5 Å². The molecule has 194 valence electrons. The van der Waals surface area contributed by atoms with Crippen LogP contribution in [0.25, 0.3) is 6.08 Å². The van der Waals surface area contributed by atoms with Crippen LogP contribution >= 0.6 is 27.7 Å². The van der Waals surface area contributed by atoms with Gasteiger partial charge < -0.3 is 19.1 Å². The van der Waals surface area contributed by atoms with E-state index in [1.54, 1.807) is 30.0 Å². The number of benzene rings is 2. The van der Waals surface area contributed by atoms with Gasteiger partial charge in [0.05, 0.1) is 23.1 Å². The molecule has 0 N–H and O–H groups in total. The Kier molecular flexibility index (Phi) is 8.55. The van der Waals surface area contributed by atoms with Gasteiger partial charge in [0.15, 0.2) is 18.1 Å². The lowest BCUT2D eigenvalue weighted by atomic mass is 10.00. The van der Waals surface area contributed by atoms with Gasteiger partial charge in [-0.1, -0.05) is 24.3 Å². The summed E-state index contributed by atoms with van der Waals surface area (Å²) in [6.07, 6.45) is 2.30. The Balaban J connectivity index is 1.48. The van der Waals surface area contributed by atoms with Crippen molar-refractivity contribution >= 4 is 56.8 Å². The van der Waals surface area contributed by atoms with Gasteiger partial charge in [-0.3, -0.25) is 19.3 Å². The van der Waals surface area contributed by atoms with E-state index in [0.29, 0.717) is 41.2 Å². The Morgan fingerprint density at radius 2 is 1.89 bits per heavy atom. The summed E-state index contributed by atoms with van der Waals surface area (Å²) in [5.74, 6) is -0.680. The Hall–Kier alpha value is -3.31. The average molecular weight is 589 g/mol. The summed E-state index contributed by atoms with van der Waals surface area (Å²) < 4.78 is 16.3. The van der Waals surface area contributed by atoms with Gasteiger partial charge in [0.25, 0.3) is 11.1 Å². The van der Waals surface area contributed by atoms with Gasteiger partial charge in [-0.2, -0.15) is 0 Å². The Bertz CT molecular complexity index is 1280. The average Bonchev–Trinajstić information content (AvgIpc) is 3.15. The first-order chi connectivity index (χ1) is 17.8. The van der Waals surface area contributed by atoms with E-state index in [0.717, 1.165) is 28.6 Å². The first kappa shape index (κ1) is 26.7. The van der Waals surface area contributed by atoms with Crippen LogP contribution in [0.2, 0.25) is 0 Å². The number of thioether (sulfide) groups is 1. The third kappa shape index (κ3) is 6.16. The van der Waals surface area contributed by atoms with Crippen LogP contribution in [0.4, 0.5) is 4.79 Å². The molecule has 9 nitrogen and oxygen atoms in total. The largest absolute Gasteiger partial charge is 0.490 e. The molecule has 2 heterocycles. The molecule has 2 aromatic carbocycles. The number of hydrogen-bond donors (Lipinski definition) is 0. The van der Waals surface area contributed by atoms with E-state index < -0.39 is 17.1 Å². The molecule has 2 aliphatic rings. The van der Waals surface area contributed by atoms with E-state index in [2.05, 4.69) is 20.7 Å². The Morgan fingerprint density at radius 1 is 1.14 bits per heavy atom. The number of amides is 3. The fourth-order valence-electron chi connectivity index (χ4n) is 4.00. The first-order valence-electron chi connectivity index (χ1n) is 11.6. The zero-order chi connectivity index (χ0) is 26.5. The summed E-state index contributed by atoms with van der Waals surface area (Å²) >= 11 is 4.19. The fourth-order valence-corrected chi connectivity index (χ4v) is 5.41. The minimum absolute atomic E-state index is 0.194. The van der Waals surface area contributed by atoms with Crippen LogP contribution in [-0.4, -0.2) is 66.2 Å². The zero-order valence-electron chi connectivity index (χ0n) is 20.3. The van der Waals surface area contributed by atoms with Crippen molar-refractivity contribution in [3.05, 3.63) is 62.5 Å². The molecule has 0 aromatic heterocycles. The molecule has 4 rings (SSSR count). The molecule has 0 unspecified atom stereocenters. The third-order valence-electron chi connectivity index (χ3n) is 5.84. The molecule has 2 aliphatic heterocycles. The van der Waals surface area contributed by atoms with Gasteiger partial charge >= 0.3 is 5.97 Å². The van der Waals surface area contributed by atoms with E-state index in [-0.39, 0.29) is 24.0 Å². The highest BCUT2D eigenvalue weighted by molar-refractivity contribution is 9.10. The number of fused-ring (bicyclic) bond motifs is 1. The van der Waals surface area contributed by atoms with E-state index in [9.17, 15) is 19.2 Å². The van der Waals surface area contributed by atoms with Crippen molar-refractivity contribution in [1.82, 2.24) is 9.80 Å². The number of esters is 1. The minimum Gasteiger partial charge on any atom is -0.490 e. The lowest BCUT2D eigenvalue weighted by Gasteiger charge is -2.29. The molecule has 0 radical (unpaired) electrons. The summed E-state index contributed by atoms with van der Waals surface area (Å²) in [5.41, 5.74) is 2.86. The maximum Gasteiger partial charge on any atom is 0.343 e. The highest BCUT2D eigenvalue weighted by atomic mass is 79.9. The van der Waals surface area contributed by atoms with Crippen LogP contribution in [0, 0.1) is 0 Å².